The zero-order chi connectivity index (χ0) is 19.6. The topological polar surface area (TPSA) is 180 Å². The third-order valence-electron chi connectivity index (χ3n) is 1.67. The van der Waals surface area contributed by atoms with Crippen LogP contribution in [0.5, 0.6) is 0 Å². The highest BCUT2D eigenvalue weighted by atomic mass is 31.3. The fraction of sp³-hybridized carbons (Fsp3) is 0.600. The highest BCUT2D eigenvalue weighted by molar-refractivity contribution is 7.60. The van der Waals surface area contributed by atoms with Crippen molar-refractivity contribution in [2.45, 2.75) is 27.7 Å². The van der Waals surface area contributed by atoms with Gasteiger partial charge in [0, 0.05) is 0 Å². The van der Waals surface area contributed by atoms with Crippen LogP contribution in [-0.4, -0.2) is 37.7 Å². The van der Waals surface area contributed by atoms with Crippen LogP contribution < -0.4 is 0 Å². The Balaban J connectivity index is 0. The predicted octanol–water partition coefficient (Wildman–Crippen LogP) is 2.24. The van der Waals surface area contributed by atoms with Crippen LogP contribution in [0.4, 0.5) is 0 Å². The first-order chi connectivity index (χ1) is 10.5. The Labute approximate surface area is 140 Å². The Morgan fingerprint density at radius 3 is 1.42 bits per heavy atom. The minimum absolute atomic E-state index is 0.0351. The summed E-state index contributed by atoms with van der Waals surface area (Å²) in [4.78, 5) is 41.6. The summed E-state index contributed by atoms with van der Waals surface area (Å²) in [5.74, 6) is 0. The van der Waals surface area contributed by atoms with Gasteiger partial charge in [-0.3, -0.25) is 9.05 Å². The summed E-state index contributed by atoms with van der Waals surface area (Å²) in [6, 6.07) is 0. The third-order valence-corrected chi connectivity index (χ3v) is 4.31. The molecule has 0 bridgehead atoms. The van der Waals surface area contributed by atoms with Crippen LogP contribution in [0.25, 0.3) is 0 Å². The van der Waals surface area contributed by atoms with E-state index < -0.39 is 23.5 Å². The van der Waals surface area contributed by atoms with Crippen molar-refractivity contribution in [3.8, 4) is 0 Å². The molecule has 1 unspecified atom stereocenters. The zero-order valence-corrected chi connectivity index (χ0v) is 16.3. The number of allylic oxidation sites excluding steroid dienone is 2. The summed E-state index contributed by atoms with van der Waals surface area (Å²) < 4.78 is 42.9. The zero-order valence-electron chi connectivity index (χ0n) is 13.6. The van der Waals surface area contributed by atoms with Crippen LogP contribution in [0.3, 0.4) is 0 Å². The highest BCUT2D eigenvalue weighted by Crippen LogP contribution is 2.57. The summed E-state index contributed by atoms with van der Waals surface area (Å²) in [5.41, 5.74) is 1.80. The van der Waals surface area contributed by atoms with Gasteiger partial charge in [-0.1, -0.05) is 23.3 Å². The second-order valence-corrected chi connectivity index (χ2v) is 8.75. The molecular formula is C10H23O11P3. The van der Waals surface area contributed by atoms with Gasteiger partial charge in [-0.05, 0) is 27.7 Å². The Hall–Kier alpha value is -0.150. The minimum Gasteiger partial charge on any atom is -0.303 e. The van der Waals surface area contributed by atoms with Gasteiger partial charge in [0.15, 0.2) is 0 Å². The Morgan fingerprint density at radius 1 is 0.750 bits per heavy atom. The van der Waals surface area contributed by atoms with Gasteiger partial charge in [0.1, 0.15) is 0 Å². The summed E-state index contributed by atoms with van der Waals surface area (Å²) in [5, 5.41) is 0. The van der Waals surface area contributed by atoms with Gasteiger partial charge in [0.2, 0.25) is 0 Å². The lowest BCUT2D eigenvalue weighted by Gasteiger charge is -2.10. The Bertz CT molecular complexity index is 563. The normalized spacial score (nSPS) is 14.0. The lowest BCUT2D eigenvalue weighted by Crippen LogP contribution is -1.94. The van der Waals surface area contributed by atoms with Crippen molar-refractivity contribution < 1.29 is 51.5 Å². The second-order valence-electron chi connectivity index (χ2n) is 4.69. The fourth-order valence-corrected chi connectivity index (χ4v) is 2.55. The summed E-state index contributed by atoms with van der Waals surface area (Å²) >= 11 is 0. The number of phosphoric acid groups is 3. The summed E-state index contributed by atoms with van der Waals surface area (Å²) in [6.45, 7) is 6.82. The van der Waals surface area contributed by atoms with Crippen LogP contribution in [0.15, 0.2) is 23.3 Å². The van der Waals surface area contributed by atoms with E-state index in [1.54, 1.807) is 19.9 Å². The van der Waals surface area contributed by atoms with Gasteiger partial charge < -0.3 is 24.5 Å². The molecule has 0 saturated heterocycles. The van der Waals surface area contributed by atoms with Gasteiger partial charge in [0.25, 0.3) is 0 Å². The van der Waals surface area contributed by atoms with E-state index >= 15 is 0 Å². The van der Waals surface area contributed by atoms with Crippen molar-refractivity contribution in [1.82, 2.24) is 0 Å². The lowest BCUT2D eigenvalue weighted by atomic mass is 10.3. The molecular weight excluding hydrogens is 389 g/mol. The molecule has 0 saturated carbocycles. The van der Waals surface area contributed by atoms with E-state index in [1.165, 1.54) is 6.08 Å². The first kappa shape index (κ1) is 26.1. The third kappa shape index (κ3) is 24.1. The second kappa shape index (κ2) is 11.5. The first-order valence-electron chi connectivity index (χ1n) is 6.25. The van der Waals surface area contributed by atoms with Crippen molar-refractivity contribution in [1.29, 1.82) is 0 Å². The number of hydrogen-bond acceptors (Lipinski definition) is 6. The molecule has 0 aliphatic carbocycles. The van der Waals surface area contributed by atoms with E-state index in [0.717, 1.165) is 11.1 Å². The van der Waals surface area contributed by atoms with Crippen molar-refractivity contribution in [3.63, 3.8) is 0 Å². The molecule has 0 aromatic carbocycles. The number of rotatable bonds is 8. The molecule has 0 aliphatic rings. The predicted molar refractivity (Wildman–Crippen MR) is 85.8 cm³/mol. The Kier molecular flexibility index (Phi) is 12.5. The van der Waals surface area contributed by atoms with E-state index in [1.807, 2.05) is 13.8 Å². The molecule has 0 rings (SSSR count). The molecule has 0 aromatic heterocycles. The molecule has 0 aliphatic heterocycles. The average molecular weight is 412 g/mol. The molecule has 14 heteroatoms. The number of hydrogen-bond donors (Lipinski definition) is 5. The van der Waals surface area contributed by atoms with Gasteiger partial charge in [-0.25, -0.2) is 13.7 Å². The highest BCUT2D eigenvalue weighted by Gasteiger charge is 2.31. The summed E-state index contributed by atoms with van der Waals surface area (Å²) in [6.07, 6.45) is 3.06. The molecule has 5 N–H and O–H groups in total. The van der Waals surface area contributed by atoms with E-state index in [4.69, 9.17) is 24.5 Å². The van der Waals surface area contributed by atoms with Gasteiger partial charge >= 0.3 is 23.5 Å². The maximum atomic E-state index is 10.8. The molecule has 0 aromatic rings. The fourth-order valence-electron chi connectivity index (χ4n) is 0.757. The number of phosphoric ester groups is 2. The molecule has 0 fully saturated rings. The van der Waals surface area contributed by atoms with Crippen molar-refractivity contribution in [2.75, 3.05) is 13.2 Å². The summed E-state index contributed by atoms with van der Waals surface area (Å²) in [7, 11) is -14.0. The molecule has 0 radical (unpaired) electrons. The molecule has 0 amide bonds. The Morgan fingerprint density at radius 2 is 1.12 bits per heavy atom. The monoisotopic (exact) mass is 412 g/mol. The maximum absolute atomic E-state index is 10.8. The van der Waals surface area contributed by atoms with E-state index in [2.05, 4.69) is 13.4 Å². The first-order valence-corrected chi connectivity index (χ1v) is 10.8. The van der Waals surface area contributed by atoms with Crippen LogP contribution in [0, 0.1) is 0 Å². The molecule has 11 nitrogen and oxygen atoms in total. The van der Waals surface area contributed by atoms with Gasteiger partial charge in [-0.2, -0.15) is 4.31 Å². The SMILES string of the molecule is CC(C)=CCOP(=O)(O)O.CC(C)=CCOP(=O)(O)OP(=O)(O)O. The van der Waals surface area contributed by atoms with Crippen molar-refractivity contribution >= 4 is 23.5 Å². The lowest BCUT2D eigenvalue weighted by molar-refractivity contribution is 0.190. The minimum atomic E-state index is -5.01. The van der Waals surface area contributed by atoms with Crippen LogP contribution >= 0.6 is 23.5 Å². The largest absolute Gasteiger partial charge is 0.481 e. The van der Waals surface area contributed by atoms with Crippen molar-refractivity contribution in [3.05, 3.63) is 23.3 Å². The van der Waals surface area contributed by atoms with Gasteiger partial charge in [-0.15, -0.1) is 0 Å². The smallest absolute Gasteiger partial charge is 0.303 e. The van der Waals surface area contributed by atoms with E-state index in [-0.39, 0.29) is 13.2 Å². The van der Waals surface area contributed by atoms with E-state index in [9.17, 15) is 13.7 Å². The van der Waals surface area contributed by atoms with Crippen LogP contribution in [0.2, 0.25) is 0 Å². The standard InChI is InChI=1S/C5H12O7P2.C5H11O4P/c1-5(2)3-4-11-14(9,10)12-13(6,7)8;1-5(2)3-4-9-10(6,7)8/h3H,4H2,1-2H3,(H,9,10)(H2,6,7,8);3H,4H2,1-2H3,(H2,6,7,8). The maximum Gasteiger partial charge on any atom is 0.481 e. The van der Waals surface area contributed by atoms with Crippen LogP contribution in [-0.2, 0) is 27.1 Å². The quantitative estimate of drug-likeness (QED) is 0.291. The molecule has 1 atom stereocenters. The molecule has 144 valence electrons. The molecule has 0 spiro atoms. The van der Waals surface area contributed by atoms with Crippen LogP contribution in [0.1, 0.15) is 27.7 Å². The van der Waals surface area contributed by atoms with E-state index in [0.29, 0.717) is 0 Å². The van der Waals surface area contributed by atoms with Crippen molar-refractivity contribution in [2.24, 2.45) is 0 Å². The molecule has 0 heterocycles. The molecule has 24 heavy (non-hydrogen) atoms. The van der Waals surface area contributed by atoms with Gasteiger partial charge in [0.05, 0.1) is 13.2 Å². The average Bonchev–Trinajstić information content (AvgIpc) is 2.22.